The van der Waals surface area contributed by atoms with Crippen molar-refractivity contribution in [3.05, 3.63) is 61.6 Å². The van der Waals surface area contributed by atoms with Gasteiger partial charge in [0.25, 0.3) is 5.56 Å². The molecule has 148 valence electrons. The third-order valence-electron chi connectivity index (χ3n) is 5.13. The molecule has 3 aromatic rings. The Labute approximate surface area is 164 Å². The first-order valence-electron chi connectivity index (χ1n) is 9.84. The average molecular weight is 380 g/mol. The van der Waals surface area contributed by atoms with Crippen molar-refractivity contribution < 1.29 is 0 Å². The zero-order chi connectivity index (χ0) is 20.4. The third kappa shape index (κ3) is 3.46. The molecule has 0 amide bonds. The largest absolute Gasteiger partial charge is 0.332 e. The summed E-state index contributed by atoms with van der Waals surface area (Å²) in [5.74, 6) is 0.656. The summed E-state index contributed by atoms with van der Waals surface area (Å²) in [6.07, 6.45) is 5.41. The number of fused-ring (bicyclic) bond motifs is 1. The van der Waals surface area contributed by atoms with Crippen molar-refractivity contribution in [3.8, 4) is 0 Å². The van der Waals surface area contributed by atoms with E-state index in [0.29, 0.717) is 30.1 Å². The summed E-state index contributed by atoms with van der Waals surface area (Å²) in [6.45, 7) is 9.09. The molecule has 0 atom stereocenters. The van der Waals surface area contributed by atoms with Crippen LogP contribution in [0.2, 0.25) is 0 Å². The van der Waals surface area contributed by atoms with Crippen LogP contribution >= 0.6 is 0 Å². The van der Waals surface area contributed by atoms with Crippen LogP contribution in [0.25, 0.3) is 23.3 Å². The van der Waals surface area contributed by atoms with Gasteiger partial charge in [-0.1, -0.05) is 38.1 Å². The van der Waals surface area contributed by atoms with Crippen molar-refractivity contribution in [1.29, 1.82) is 0 Å². The second-order valence-electron chi connectivity index (χ2n) is 7.27. The molecule has 2 aromatic heterocycles. The van der Waals surface area contributed by atoms with Gasteiger partial charge in [-0.3, -0.25) is 13.9 Å². The summed E-state index contributed by atoms with van der Waals surface area (Å²) in [6, 6.07) is 6.27. The Hall–Kier alpha value is -2.89. The smallest absolute Gasteiger partial charge is 0.322 e. The first kappa shape index (κ1) is 19.9. The van der Waals surface area contributed by atoms with E-state index < -0.39 is 0 Å². The molecule has 3 rings (SSSR count). The molecule has 0 N–H and O–H groups in total. The molecular formula is C22H28N4O2. The molecular weight excluding hydrogens is 352 g/mol. The second kappa shape index (κ2) is 8.00. The number of hydrogen-bond donors (Lipinski definition) is 0. The fourth-order valence-corrected chi connectivity index (χ4v) is 3.41. The van der Waals surface area contributed by atoms with Crippen LogP contribution in [-0.4, -0.2) is 18.7 Å². The Morgan fingerprint density at radius 3 is 2.29 bits per heavy atom. The summed E-state index contributed by atoms with van der Waals surface area (Å²) in [5, 5.41) is 0. The number of nitrogens with zero attached hydrogens (tertiary/aromatic N) is 4. The fraction of sp³-hybridized carbons (Fsp3) is 0.409. The molecule has 6 heteroatoms. The van der Waals surface area contributed by atoms with Crippen molar-refractivity contribution >= 4 is 23.3 Å². The van der Waals surface area contributed by atoms with Gasteiger partial charge in [-0.05, 0) is 49.5 Å². The summed E-state index contributed by atoms with van der Waals surface area (Å²) >= 11 is 0. The maximum absolute atomic E-state index is 13.0. The van der Waals surface area contributed by atoms with E-state index in [9.17, 15) is 9.59 Å². The molecule has 0 saturated carbocycles. The molecule has 1 aromatic carbocycles. The van der Waals surface area contributed by atoms with Crippen LogP contribution in [0.3, 0.4) is 0 Å². The van der Waals surface area contributed by atoms with Gasteiger partial charge in [-0.15, -0.1) is 0 Å². The van der Waals surface area contributed by atoms with E-state index in [1.165, 1.54) is 15.7 Å². The second-order valence-corrected chi connectivity index (χ2v) is 7.27. The molecule has 0 aliphatic rings. The minimum absolute atomic E-state index is 0.268. The molecule has 0 bridgehead atoms. The predicted molar refractivity (Wildman–Crippen MR) is 115 cm³/mol. The summed E-state index contributed by atoms with van der Waals surface area (Å²) < 4.78 is 4.74. The first-order chi connectivity index (χ1) is 13.4. The fourth-order valence-electron chi connectivity index (χ4n) is 3.41. The van der Waals surface area contributed by atoms with E-state index >= 15 is 0 Å². The van der Waals surface area contributed by atoms with Gasteiger partial charge in [0.1, 0.15) is 5.82 Å². The minimum Gasteiger partial charge on any atom is -0.322 e. The number of aryl methyl sites for hydroxylation is 4. The number of rotatable bonds is 6. The highest BCUT2D eigenvalue weighted by Gasteiger charge is 2.18. The Balaban J connectivity index is 2.18. The normalized spacial score (nSPS) is 11.8. The number of hydrogen-bond acceptors (Lipinski definition) is 3. The minimum atomic E-state index is -0.274. The number of imidazole rings is 1. The quantitative estimate of drug-likeness (QED) is 0.657. The van der Waals surface area contributed by atoms with Crippen LogP contribution in [0.5, 0.6) is 0 Å². The van der Waals surface area contributed by atoms with E-state index in [-0.39, 0.29) is 11.2 Å². The van der Waals surface area contributed by atoms with Crippen molar-refractivity contribution in [2.45, 2.75) is 53.6 Å². The van der Waals surface area contributed by atoms with Gasteiger partial charge < -0.3 is 4.57 Å². The van der Waals surface area contributed by atoms with Crippen LogP contribution in [0.1, 0.15) is 49.2 Å². The van der Waals surface area contributed by atoms with Gasteiger partial charge in [0, 0.05) is 20.1 Å². The molecule has 0 aliphatic heterocycles. The predicted octanol–water partition coefficient (Wildman–Crippen LogP) is 3.50. The van der Waals surface area contributed by atoms with Crippen LogP contribution in [-0.2, 0) is 20.1 Å². The van der Waals surface area contributed by atoms with Gasteiger partial charge in [0.2, 0.25) is 0 Å². The van der Waals surface area contributed by atoms with Crippen molar-refractivity contribution in [1.82, 2.24) is 18.7 Å². The zero-order valence-electron chi connectivity index (χ0n) is 17.3. The highest BCUT2D eigenvalue weighted by Crippen LogP contribution is 2.15. The molecule has 28 heavy (non-hydrogen) atoms. The Kier molecular flexibility index (Phi) is 5.68. The van der Waals surface area contributed by atoms with Gasteiger partial charge in [-0.2, -0.15) is 0 Å². The SMILES string of the molecule is CCCn1c(=O)c2c(nc(/C=C/c3ccc(C)c(C)c3)n2C)n(CCC)c1=O. The standard InChI is InChI=1S/C22H28N4O2/c1-6-12-25-20-19(21(27)26(13-7-2)22(25)28)24(5)18(23-20)11-10-17-9-8-15(3)16(4)14-17/h8-11,14H,6-7,12-13H2,1-5H3/b11-10+. The number of aromatic nitrogens is 4. The third-order valence-corrected chi connectivity index (χ3v) is 5.13. The van der Waals surface area contributed by atoms with Crippen molar-refractivity contribution in [2.24, 2.45) is 7.05 Å². The summed E-state index contributed by atoms with van der Waals surface area (Å²) in [5.41, 5.74) is 3.95. The van der Waals surface area contributed by atoms with Crippen LogP contribution < -0.4 is 11.2 Å². The maximum atomic E-state index is 13.0. The van der Waals surface area contributed by atoms with Crippen LogP contribution in [0, 0.1) is 13.8 Å². The highest BCUT2D eigenvalue weighted by molar-refractivity contribution is 5.76. The molecule has 6 nitrogen and oxygen atoms in total. The maximum Gasteiger partial charge on any atom is 0.332 e. The van der Waals surface area contributed by atoms with Gasteiger partial charge in [-0.25, -0.2) is 9.78 Å². The lowest BCUT2D eigenvalue weighted by Gasteiger charge is -2.10. The van der Waals surface area contributed by atoms with E-state index in [1.54, 1.807) is 9.13 Å². The Morgan fingerprint density at radius 1 is 0.964 bits per heavy atom. The molecule has 0 spiro atoms. The Morgan fingerprint density at radius 2 is 1.64 bits per heavy atom. The van der Waals surface area contributed by atoms with Crippen molar-refractivity contribution in [2.75, 3.05) is 0 Å². The lowest BCUT2D eigenvalue weighted by molar-refractivity contribution is 0.554. The number of benzene rings is 1. The summed E-state index contributed by atoms with van der Waals surface area (Å²) in [4.78, 5) is 30.4. The Bertz CT molecular complexity index is 1160. The molecule has 0 unspecified atom stereocenters. The summed E-state index contributed by atoms with van der Waals surface area (Å²) in [7, 11) is 1.83. The average Bonchev–Trinajstić information content (AvgIpc) is 2.99. The monoisotopic (exact) mass is 380 g/mol. The van der Waals surface area contributed by atoms with E-state index in [4.69, 9.17) is 0 Å². The van der Waals surface area contributed by atoms with Gasteiger partial charge in [0.05, 0.1) is 0 Å². The van der Waals surface area contributed by atoms with Crippen LogP contribution in [0.15, 0.2) is 27.8 Å². The molecule has 2 heterocycles. The topological polar surface area (TPSA) is 61.8 Å². The lowest BCUT2D eigenvalue weighted by Crippen LogP contribution is -2.40. The van der Waals surface area contributed by atoms with Gasteiger partial charge >= 0.3 is 5.69 Å². The molecule has 0 saturated heterocycles. The molecule has 0 aliphatic carbocycles. The molecule has 0 radical (unpaired) electrons. The van der Waals surface area contributed by atoms with Gasteiger partial charge in [0.15, 0.2) is 11.2 Å². The lowest BCUT2D eigenvalue weighted by atomic mass is 10.1. The molecule has 0 fully saturated rings. The first-order valence-corrected chi connectivity index (χ1v) is 9.84. The van der Waals surface area contributed by atoms with Crippen molar-refractivity contribution in [3.63, 3.8) is 0 Å². The van der Waals surface area contributed by atoms with E-state index in [0.717, 1.165) is 18.4 Å². The zero-order valence-corrected chi connectivity index (χ0v) is 17.3. The van der Waals surface area contributed by atoms with E-state index in [2.05, 4.69) is 37.0 Å². The van der Waals surface area contributed by atoms with E-state index in [1.807, 2.05) is 33.0 Å². The highest BCUT2D eigenvalue weighted by atomic mass is 16.2. The van der Waals surface area contributed by atoms with Crippen LogP contribution in [0.4, 0.5) is 0 Å².